The fourth-order valence-electron chi connectivity index (χ4n) is 4.93. The van der Waals surface area contributed by atoms with Gasteiger partial charge in [0.05, 0.1) is 22.7 Å². The van der Waals surface area contributed by atoms with Gasteiger partial charge in [-0.05, 0) is 50.0 Å². The molecule has 0 spiro atoms. The number of rotatable bonds is 2. The first-order chi connectivity index (χ1) is 12.0. The van der Waals surface area contributed by atoms with Crippen LogP contribution in [0, 0.1) is 35.8 Å². The molecule has 0 saturated heterocycles. The monoisotopic (exact) mass is 363 g/mol. The highest BCUT2D eigenvalue weighted by Gasteiger charge is 2.63. The predicted octanol–water partition coefficient (Wildman–Crippen LogP) is 3.06. The van der Waals surface area contributed by atoms with Gasteiger partial charge in [0.25, 0.3) is 5.91 Å². The average Bonchev–Trinajstić information content (AvgIpc) is 2.97. The molecule has 3 N–H and O–H groups in total. The first-order valence-corrected chi connectivity index (χ1v) is 8.91. The maximum absolute atomic E-state index is 14.1. The SMILES string of the molecule is Cc1nc2[nH]c(C(=O)N[C@H]3C[C@H]4C[C@H](C4(C)C)[C@@]3(C)O)cc2c(F)c1F. The van der Waals surface area contributed by atoms with E-state index in [0.29, 0.717) is 12.3 Å². The Morgan fingerprint density at radius 3 is 2.62 bits per heavy atom. The highest BCUT2D eigenvalue weighted by atomic mass is 19.2. The van der Waals surface area contributed by atoms with Crippen LogP contribution >= 0.6 is 0 Å². The molecule has 3 fully saturated rings. The van der Waals surface area contributed by atoms with E-state index in [1.807, 2.05) is 0 Å². The number of aromatic nitrogens is 2. The number of halogens is 2. The summed E-state index contributed by atoms with van der Waals surface area (Å²) in [6.07, 6.45) is 1.66. The van der Waals surface area contributed by atoms with Crippen LogP contribution in [0.5, 0.6) is 0 Å². The zero-order chi connectivity index (χ0) is 19.0. The maximum Gasteiger partial charge on any atom is 0.268 e. The second-order valence-corrected chi connectivity index (χ2v) is 8.56. The van der Waals surface area contributed by atoms with E-state index < -0.39 is 23.1 Å². The number of hydrogen-bond donors (Lipinski definition) is 3. The molecular weight excluding hydrogens is 340 g/mol. The molecule has 26 heavy (non-hydrogen) atoms. The van der Waals surface area contributed by atoms with Crippen LogP contribution in [0.2, 0.25) is 0 Å². The van der Waals surface area contributed by atoms with Crippen LogP contribution in [0.15, 0.2) is 6.07 Å². The zero-order valence-corrected chi connectivity index (χ0v) is 15.3. The van der Waals surface area contributed by atoms with Crippen molar-refractivity contribution >= 4 is 16.9 Å². The van der Waals surface area contributed by atoms with Crippen molar-refractivity contribution in [3.63, 3.8) is 0 Å². The highest BCUT2D eigenvalue weighted by molar-refractivity contribution is 5.97. The van der Waals surface area contributed by atoms with Gasteiger partial charge in [-0.1, -0.05) is 13.8 Å². The molecular formula is C19H23F2N3O2. The van der Waals surface area contributed by atoms with Gasteiger partial charge < -0.3 is 15.4 Å². The molecule has 140 valence electrons. The Hall–Kier alpha value is -2.02. The number of aryl methyl sites for hydroxylation is 1. The minimum Gasteiger partial charge on any atom is -0.388 e. The molecule has 3 saturated carbocycles. The maximum atomic E-state index is 14.1. The summed E-state index contributed by atoms with van der Waals surface area (Å²) in [6, 6.07) is 0.882. The fourth-order valence-corrected chi connectivity index (χ4v) is 4.93. The lowest BCUT2D eigenvalue weighted by Gasteiger charge is -2.65. The summed E-state index contributed by atoms with van der Waals surface area (Å²) in [7, 11) is 0. The van der Waals surface area contributed by atoms with Gasteiger partial charge in [0, 0.05) is 0 Å². The Morgan fingerprint density at radius 1 is 1.31 bits per heavy atom. The van der Waals surface area contributed by atoms with E-state index in [0.717, 1.165) is 6.42 Å². The van der Waals surface area contributed by atoms with Crippen LogP contribution in [0.1, 0.15) is 49.8 Å². The fraction of sp³-hybridized carbons (Fsp3) is 0.579. The van der Waals surface area contributed by atoms with Gasteiger partial charge in [-0.15, -0.1) is 0 Å². The van der Waals surface area contributed by atoms with E-state index in [9.17, 15) is 18.7 Å². The van der Waals surface area contributed by atoms with E-state index in [-0.39, 0.29) is 39.8 Å². The molecule has 2 aromatic rings. The second-order valence-electron chi connectivity index (χ2n) is 8.56. The molecule has 0 radical (unpaired) electrons. The molecule has 5 rings (SSSR count). The van der Waals surface area contributed by atoms with Crippen LogP contribution in [-0.4, -0.2) is 32.6 Å². The minimum atomic E-state index is -1.02. The highest BCUT2D eigenvalue weighted by Crippen LogP contribution is 2.62. The smallest absolute Gasteiger partial charge is 0.268 e. The topological polar surface area (TPSA) is 78.0 Å². The number of carbonyl (C=O) groups is 1. The number of nitrogens with one attached hydrogen (secondary N) is 2. The van der Waals surface area contributed by atoms with E-state index >= 15 is 0 Å². The van der Waals surface area contributed by atoms with Gasteiger partial charge in [-0.25, -0.2) is 13.8 Å². The van der Waals surface area contributed by atoms with Crippen LogP contribution in [0.4, 0.5) is 8.78 Å². The van der Waals surface area contributed by atoms with Gasteiger partial charge in [0.15, 0.2) is 11.6 Å². The summed E-state index contributed by atoms with van der Waals surface area (Å²) >= 11 is 0. The van der Waals surface area contributed by atoms with Crippen molar-refractivity contribution in [3.8, 4) is 0 Å². The molecule has 2 aromatic heterocycles. The molecule has 0 aromatic carbocycles. The second kappa shape index (κ2) is 5.25. The molecule has 2 heterocycles. The quantitative estimate of drug-likeness (QED) is 0.767. The first-order valence-electron chi connectivity index (χ1n) is 8.91. The van der Waals surface area contributed by atoms with Crippen LogP contribution in [0.25, 0.3) is 11.0 Å². The number of carbonyl (C=O) groups excluding carboxylic acids is 1. The lowest BCUT2D eigenvalue weighted by Crippen LogP contribution is -2.70. The van der Waals surface area contributed by atoms with Crippen LogP contribution < -0.4 is 5.32 Å². The van der Waals surface area contributed by atoms with E-state index in [4.69, 9.17) is 0 Å². The normalized spacial score (nSPS) is 32.3. The summed E-state index contributed by atoms with van der Waals surface area (Å²) in [5, 5.41) is 13.8. The van der Waals surface area contributed by atoms with Crippen LogP contribution in [-0.2, 0) is 0 Å². The molecule has 0 aliphatic heterocycles. The molecule has 5 nitrogen and oxygen atoms in total. The van der Waals surface area contributed by atoms with Gasteiger partial charge >= 0.3 is 0 Å². The van der Waals surface area contributed by atoms with Crippen molar-refractivity contribution in [2.75, 3.05) is 0 Å². The number of pyridine rings is 1. The Balaban J connectivity index is 1.60. The Kier molecular flexibility index (Phi) is 3.51. The van der Waals surface area contributed by atoms with Gasteiger partial charge in [0.1, 0.15) is 11.3 Å². The van der Waals surface area contributed by atoms with Crippen molar-refractivity contribution in [1.82, 2.24) is 15.3 Å². The summed E-state index contributed by atoms with van der Waals surface area (Å²) in [5.41, 5.74) is -0.780. The lowest BCUT2D eigenvalue weighted by molar-refractivity contribution is -0.207. The van der Waals surface area contributed by atoms with Crippen molar-refractivity contribution in [2.24, 2.45) is 17.3 Å². The third-order valence-electron chi connectivity index (χ3n) is 6.77. The molecule has 3 aliphatic rings. The summed E-state index contributed by atoms with van der Waals surface area (Å²) in [5.74, 6) is -1.91. The summed E-state index contributed by atoms with van der Waals surface area (Å²) in [6.45, 7) is 7.44. The molecule has 4 atom stereocenters. The molecule has 2 bridgehead atoms. The third-order valence-corrected chi connectivity index (χ3v) is 6.77. The number of amides is 1. The third kappa shape index (κ3) is 2.22. The van der Waals surface area contributed by atoms with E-state index in [1.54, 1.807) is 6.92 Å². The Labute approximate surface area is 150 Å². The number of aliphatic hydroxyl groups is 1. The van der Waals surface area contributed by atoms with E-state index in [2.05, 4.69) is 29.1 Å². The van der Waals surface area contributed by atoms with Gasteiger partial charge in [-0.3, -0.25) is 4.79 Å². The molecule has 3 aliphatic carbocycles. The number of aromatic amines is 1. The predicted molar refractivity (Wildman–Crippen MR) is 92.6 cm³/mol. The Morgan fingerprint density at radius 2 is 2.00 bits per heavy atom. The number of nitrogens with zero attached hydrogens (tertiary/aromatic N) is 1. The van der Waals surface area contributed by atoms with Crippen LogP contribution in [0.3, 0.4) is 0 Å². The first kappa shape index (κ1) is 17.4. The zero-order valence-electron chi connectivity index (χ0n) is 15.3. The van der Waals surface area contributed by atoms with Gasteiger partial charge in [0.2, 0.25) is 0 Å². The van der Waals surface area contributed by atoms with Crippen molar-refractivity contribution < 1.29 is 18.7 Å². The van der Waals surface area contributed by atoms with Crippen molar-refractivity contribution in [2.45, 2.75) is 52.2 Å². The summed E-state index contributed by atoms with van der Waals surface area (Å²) in [4.78, 5) is 19.3. The standard InChI is InChI=1S/C19H23F2N3O2/c1-8-14(20)15(21)10-7-11(23-16(10)22-8)17(25)24-13-6-9-5-12(18(9,2)3)19(13,4)26/h7,9,12-13,26H,5-6H2,1-4H3,(H,22,23)(H,24,25)/t9-,12-,13+,19-/m1/s1. The summed E-state index contributed by atoms with van der Waals surface area (Å²) < 4.78 is 27.7. The molecule has 0 unspecified atom stereocenters. The minimum absolute atomic E-state index is 0.0577. The molecule has 7 heteroatoms. The molecule has 1 amide bonds. The number of H-pyrrole nitrogens is 1. The average molecular weight is 363 g/mol. The van der Waals surface area contributed by atoms with E-state index in [1.165, 1.54) is 13.0 Å². The van der Waals surface area contributed by atoms with Crippen molar-refractivity contribution in [1.29, 1.82) is 0 Å². The lowest BCUT2D eigenvalue weighted by atomic mass is 9.43. The Bertz CT molecular complexity index is 919. The number of fused-ring (bicyclic) bond motifs is 3. The van der Waals surface area contributed by atoms with Crippen molar-refractivity contribution in [3.05, 3.63) is 29.1 Å². The largest absolute Gasteiger partial charge is 0.388 e. The van der Waals surface area contributed by atoms with Gasteiger partial charge in [-0.2, -0.15) is 0 Å². The number of hydrogen-bond acceptors (Lipinski definition) is 3.